The number of aromatic hydroxyl groups is 4. The lowest BCUT2D eigenvalue weighted by atomic mass is 9.95. The van der Waals surface area contributed by atoms with Gasteiger partial charge in [-0.1, -0.05) is 0 Å². The molecule has 0 aliphatic carbocycles. The summed E-state index contributed by atoms with van der Waals surface area (Å²) in [5.41, 5.74) is -0.782. The van der Waals surface area contributed by atoms with Gasteiger partial charge in [0.25, 0.3) is 0 Å². The molecule has 0 radical (unpaired) electrons. The SMILES string of the molecule is O=C(O)[C@@H]1O[C@H](COc2cc3oc(-c4ccc(O)c(O)c4)cc(=O)c3c(O)c2O)[C@@H](O)[C@H](O)[C@H]1O. The van der Waals surface area contributed by atoms with Gasteiger partial charge in [-0.15, -0.1) is 0 Å². The first-order valence-corrected chi connectivity index (χ1v) is 10.1. The van der Waals surface area contributed by atoms with Crippen LogP contribution in [0, 0.1) is 0 Å². The molecule has 1 aromatic heterocycles. The van der Waals surface area contributed by atoms with Crippen molar-refractivity contribution in [1.29, 1.82) is 0 Å². The summed E-state index contributed by atoms with van der Waals surface area (Å²) in [5, 5.41) is 78.3. The van der Waals surface area contributed by atoms with E-state index in [-0.39, 0.29) is 22.3 Å². The Balaban J connectivity index is 1.68. The number of rotatable bonds is 5. The summed E-state index contributed by atoms with van der Waals surface area (Å²) in [4.78, 5) is 23.8. The van der Waals surface area contributed by atoms with Crippen LogP contribution in [-0.4, -0.2) is 83.9 Å². The number of hydrogen-bond donors (Lipinski definition) is 8. The Morgan fingerprint density at radius 1 is 0.914 bits per heavy atom. The second-order valence-corrected chi connectivity index (χ2v) is 7.84. The smallest absolute Gasteiger partial charge is 0.335 e. The molecular formula is C22H20O13. The van der Waals surface area contributed by atoms with E-state index in [1.165, 1.54) is 12.1 Å². The first-order chi connectivity index (χ1) is 16.5. The zero-order valence-electron chi connectivity index (χ0n) is 17.6. The van der Waals surface area contributed by atoms with E-state index in [0.29, 0.717) is 0 Å². The summed E-state index contributed by atoms with van der Waals surface area (Å²) in [5.74, 6) is -4.69. The zero-order chi connectivity index (χ0) is 25.6. The van der Waals surface area contributed by atoms with E-state index < -0.39 is 77.3 Å². The molecule has 8 N–H and O–H groups in total. The standard InChI is InChI=1S/C22H20O13/c23-8-2-1-7(3-9(8)24)11-4-10(25)15-12(34-11)5-13(16(26)18(15)28)33-6-14-17(27)19(29)20(30)21(35-14)22(31)32/h1-5,14,17,19-21,23-24,26-30H,6H2,(H,31,32)/t14-,17-,19+,20-,21-/m1/s1. The van der Waals surface area contributed by atoms with E-state index in [9.17, 15) is 45.3 Å². The van der Waals surface area contributed by atoms with Gasteiger partial charge in [-0.25, -0.2) is 4.79 Å². The van der Waals surface area contributed by atoms with E-state index in [4.69, 9.17) is 19.0 Å². The number of aliphatic carboxylic acids is 1. The number of benzene rings is 2. The van der Waals surface area contributed by atoms with Crippen LogP contribution in [0.25, 0.3) is 22.3 Å². The third-order valence-corrected chi connectivity index (χ3v) is 5.55. The number of carboxylic acids is 1. The van der Waals surface area contributed by atoms with Crippen molar-refractivity contribution >= 4 is 16.9 Å². The molecule has 0 unspecified atom stereocenters. The van der Waals surface area contributed by atoms with Crippen molar-refractivity contribution in [1.82, 2.24) is 0 Å². The molecule has 1 aliphatic heterocycles. The number of carbonyl (C=O) groups is 1. The van der Waals surface area contributed by atoms with E-state index in [0.717, 1.165) is 18.2 Å². The molecule has 3 aromatic rings. The molecule has 13 heteroatoms. The highest BCUT2D eigenvalue weighted by Gasteiger charge is 2.47. The van der Waals surface area contributed by atoms with Gasteiger partial charge < -0.3 is 54.7 Å². The van der Waals surface area contributed by atoms with E-state index in [2.05, 4.69) is 0 Å². The maximum absolute atomic E-state index is 12.6. The Labute approximate surface area is 194 Å². The second kappa shape index (κ2) is 8.96. The highest BCUT2D eigenvalue weighted by Crippen LogP contribution is 2.42. The molecule has 0 spiro atoms. The molecule has 1 aliphatic rings. The lowest BCUT2D eigenvalue weighted by Gasteiger charge is -2.38. The molecule has 4 rings (SSSR count). The molecule has 0 bridgehead atoms. The molecule has 5 atom stereocenters. The van der Waals surface area contributed by atoms with Gasteiger partial charge in [0.2, 0.25) is 5.75 Å². The van der Waals surface area contributed by atoms with Gasteiger partial charge in [0.15, 0.2) is 34.5 Å². The summed E-state index contributed by atoms with van der Waals surface area (Å²) in [6.07, 6.45) is -8.82. The number of carboxylic acid groups (broad SMARTS) is 1. The van der Waals surface area contributed by atoms with Crippen LogP contribution < -0.4 is 10.2 Å². The summed E-state index contributed by atoms with van der Waals surface area (Å²) >= 11 is 0. The van der Waals surface area contributed by atoms with Crippen LogP contribution in [0.5, 0.6) is 28.7 Å². The zero-order valence-corrected chi connectivity index (χ0v) is 17.6. The number of aliphatic hydroxyl groups is 3. The third kappa shape index (κ3) is 4.28. The lowest BCUT2D eigenvalue weighted by Crippen LogP contribution is -2.61. The monoisotopic (exact) mass is 492 g/mol. The summed E-state index contributed by atoms with van der Waals surface area (Å²) < 4.78 is 16.1. The van der Waals surface area contributed by atoms with Gasteiger partial charge in [-0.05, 0) is 18.2 Å². The molecule has 0 amide bonds. The minimum absolute atomic E-state index is 0.0544. The number of ether oxygens (including phenoxy) is 2. The van der Waals surface area contributed by atoms with Crippen molar-refractivity contribution < 1.29 is 59.5 Å². The number of hydrogen-bond acceptors (Lipinski definition) is 12. The first kappa shape index (κ1) is 24.1. The number of aliphatic hydroxyl groups excluding tert-OH is 3. The number of fused-ring (bicyclic) bond motifs is 1. The number of phenolic OH excluding ortho intramolecular Hbond substituents is 4. The minimum Gasteiger partial charge on any atom is -0.504 e. The van der Waals surface area contributed by atoms with Crippen LogP contribution in [0.4, 0.5) is 0 Å². The lowest BCUT2D eigenvalue weighted by molar-refractivity contribution is -0.231. The van der Waals surface area contributed by atoms with Crippen LogP contribution in [0.15, 0.2) is 39.5 Å². The average Bonchev–Trinajstić information content (AvgIpc) is 2.81. The fraction of sp³-hybridized carbons (Fsp3) is 0.273. The maximum Gasteiger partial charge on any atom is 0.335 e. The van der Waals surface area contributed by atoms with Crippen molar-refractivity contribution in [3.63, 3.8) is 0 Å². The largest absolute Gasteiger partial charge is 0.504 e. The highest BCUT2D eigenvalue weighted by molar-refractivity contribution is 5.89. The van der Waals surface area contributed by atoms with E-state index in [1.807, 2.05) is 0 Å². The van der Waals surface area contributed by atoms with Gasteiger partial charge in [-0.2, -0.15) is 0 Å². The minimum atomic E-state index is -1.90. The quantitative estimate of drug-likeness (QED) is 0.212. The van der Waals surface area contributed by atoms with E-state index in [1.54, 1.807) is 0 Å². The molecule has 1 saturated heterocycles. The molecule has 2 aromatic carbocycles. The second-order valence-electron chi connectivity index (χ2n) is 7.84. The summed E-state index contributed by atoms with van der Waals surface area (Å²) in [6.45, 7) is -0.636. The predicted molar refractivity (Wildman–Crippen MR) is 114 cm³/mol. The molecule has 2 heterocycles. The Kier molecular flexibility index (Phi) is 6.17. The van der Waals surface area contributed by atoms with Crippen LogP contribution in [0.2, 0.25) is 0 Å². The summed E-state index contributed by atoms with van der Waals surface area (Å²) in [6, 6.07) is 5.71. The molecule has 0 saturated carbocycles. The Morgan fingerprint density at radius 3 is 2.29 bits per heavy atom. The van der Waals surface area contributed by atoms with Gasteiger partial charge in [-0.3, -0.25) is 4.79 Å². The van der Waals surface area contributed by atoms with Gasteiger partial charge in [0.05, 0.1) is 0 Å². The van der Waals surface area contributed by atoms with Gasteiger partial charge in [0.1, 0.15) is 47.8 Å². The fourth-order valence-corrected chi connectivity index (χ4v) is 3.66. The van der Waals surface area contributed by atoms with Crippen molar-refractivity contribution in [2.24, 2.45) is 0 Å². The predicted octanol–water partition coefficient (Wildman–Crippen LogP) is -0.404. The number of phenols is 4. The van der Waals surface area contributed by atoms with Crippen molar-refractivity contribution in [2.75, 3.05) is 6.61 Å². The normalized spacial score (nSPS) is 24.4. The first-order valence-electron chi connectivity index (χ1n) is 10.1. The van der Waals surface area contributed by atoms with Gasteiger partial charge >= 0.3 is 5.97 Å². The molecule has 35 heavy (non-hydrogen) atoms. The van der Waals surface area contributed by atoms with Crippen molar-refractivity contribution in [3.8, 4) is 40.1 Å². The van der Waals surface area contributed by atoms with Crippen LogP contribution in [-0.2, 0) is 9.53 Å². The third-order valence-electron chi connectivity index (χ3n) is 5.55. The van der Waals surface area contributed by atoms with Crippen LogP contribution in [0.3, 0.4) is 0 Å². The van der Waals surface area contributed by atoms with Crippen LogP contribution in [0.1, 0.15) is 0 Å². The molecular weight excluding hydrogens is 472 g/mol. The average molecular weight is 492 g/mol. The molecule has 1 fully saturated rings. The Bertz CT molecular complexity index is 1350. The van der Waals surface area contributed by atoms with E-state index >= 15 is 0 Å². The summed E-state index contributed by atoms with van der Waals surface area (Å²) in [7, 11) is 0. The molecule has 186 valence electrons. The van der Waals surface area contributed by atoms with Crippen LogP contribution >= 0.6 is 0 Å². The van der Waals surface area contributed by atoms with Crippen molar-refractivity contribution in [2.45, 2.75) is 30.5 Å². The van der Waals surface area contributed by atoms with Crippen molar-refractivity contribution in [3.05, 3.63) is 40.6 Å². The maximum atomic E-state index is 12.6. The molecule has 13 nitrogen and oxygen atoms in total. The van der Waals surface area contributed by atoms with Gasteiger partial charge in [0, 0.05) is 17.7 Å². The fourth-order valence-electron chi connectivity index (χ4n) is 3.66. The topological polar surface area (TPSA) is 228 Å². The Morgan fingerprint density at radius 2 is 1.63 bits per heavy atom. The highest BCUT2D eigenvalue weighted by atomic mass is 16.6. The Hall–Kier alpha value is -4.04.